The van der Waals surface area contributed by atoms with Crippen molar-refractivity contribution in [1.82, 2.24) is 10.6 Å². The molecule has 8 heteroatoms. The number of nitrogens with one attached hydrogen (secondary N) is 2. The van der Waals surface area contributed by atoms with E-state index in [0.29, 0.717) is 0 Å². The Morgan fingerprint density at radius 2 is 2.37 bits per heavy atom. The van der Waals surface area contributed by atoms with Crippen molar-refractivity contribution >= 4 is 28.9 Å². The highest BCUT2D eigenvalue weighted by Gasteiger charge is 2.43. The van der Waals surface area contributed by atoms with Gasteiger partial charge in [0.05, 0.1) is 23.9 Å². The third-order valence-corrected chi connectivity index (χ3v) is 3.47. The molecule has 1 aliphatic heterocycles. The van der Waals surface area contributed by atoms with Gasteiger partial charge in [0, 0.05) is 0 Å². The Kier molecular flexibility index (Phi) is 5.84. The van der Waals surface area contributed by atoms with Crippen molar-refractivity contribution in [2.75, 3.05) is 13.2 Å². The second-order valence-corrected chi connectivity index (χ2v) is 5.13. The van der Waals surface area contributed by atoms with Gasteiger partial charge in [0.15, 0.2) is 0 Å². The van der Waals surface area contributed by atoms with Crippen molar-refractivity contribution in [3.63, 3.8) is 0 Å². The van der Waals surface area contributed by atoms with Crippen molar-refractivity contribution in [3.05, 3.63) is 12.7 Å². The molecule has 19 heavy (non-hydrogen) atoms. The van der Waals surface area contributed by atoms with Crippen LogP contribution in [0.2, 0.25) is 0 Å². The molecule has 0 saturated carbocycles. The van der Waals surface area contributed by atoms with Gasteiger partial charge >= 0.3 is 6.09 Å². The van der Waals surface area contributed by atoms with E-state index in [4.69, 9.17) is 0 Å². The smallest absolute Gasteiger partial charge is 0.407 e. The van der Waals surface area contributed by atoms with Gasteiger partial charge in [-0.2, -0.15) is 0 Å². The van der Waals surface area contributed by atoms with Crippen LogP contribution in [0.3, 0.4) is 0 Å². The summed E-state index contributed by atoms with van der Waals surface area (Å²) in [6, 6.07) is 0. The lowest BCUT2D eigenvalue weighted by atomic mass is 9.96. The van der Waals surface area contributed by atoms with E-state index in [1.165, 1.54) is 13.0 Å². The fraction of sp³-hybridized carbons (Fsp3) is 0.545. The van der Waals surface area contributed by atoms with E-state index in [-0.39, 0.29) is 24.2 Å². The summed E-state index contributed by atoms with van der Waals surface area (Å²) < 4.78 is 4.62. The number of alkyl carbamates (subject to hydrolysis) is 1. The number of carbonyl (C=O) groups is 3. The number of carbonyl (C=O) groups excluding carboxylic acids is 3. The number of β-lactam (4-membered cyclic amide) rings is 1. The molecule has 1 saturated heterocycles. The number of hydrogen-bond donors (Lipinski definition) is 3. The van der Waals surface area contributed by atoms with Crippen LogP contribution >= 0.6 is 11.8 Å². The fourth-order valence-electron chi connectivity index (χ4n) is 1.46. The molecule has 106 valence electrons. The SMILES string of the molecule is C=CCOC(=O)NCC(=O)SC1NC(=O)C1[C@@H](C)O. The second kappa shape index (κ2) is 7.15. The molecule has 0 aromatic carbocycles. The highest BCUT2D eigenvalue weighted by Crippen LogP contribution is 2.28. The first-order chi connectivity index (χ1) is 8.95. The second-order valence-electron chi connectivity index (χ2n) is 3.93. The van der Waals surface area contributed by atoms with Crippen LogP contribution in [-0.2, 0) is 14.3 Å². The lowest BCUT2D eigenvalue weighted by Crippen LogP contribution is -2.60. The van der Waals surface area contributed by atoms with Crippen LogP contribution in [0.25, 0.3) is 0 Å². The summed E-state index contributed by atoms with van der Waals surface area (Å²) in [5.41, 5.74) is 0. The molecule has 2 unspecified atom stereocenters. The average molecular weight is 288 g/mol. The van der Waals surface area contributed by atoms with E-state index in [2.05, 4.69) is 21.9 Å². The molecule has 3 N–H and O–H groups in total. The van der Waals surface area contributed by atoms with Gasteiger partial charge in [-0.25, -0.2) is 4.79 Å². The molecule has 1 heterocycles. The largest absolute Gasteiger partial charge is 0.445 e. The molecule has 0 aromatic rings. The highest BCUT2D eigenvalue weighted by atomic mass is 32.2. The first-order valence-corrected chi connectivity index (χ1v) is 6.53. The number of hydrogen-bond acceptors (Lipinski definition) is 6. The lowest BCUT2D eigenvalue weighted by molar-refractivity contribution is -0.136. The van der Waals surface area contributed by atoms with Gasteiger partial charge < -0.3 is 20.5 Å². The minimum absolute atomic E-state index is 0.0654. The Morgan fingerprint density at radius 3 is 2.89 bits per heavy atom. The van der Waals surface area contributed by atoms with Crippen molar-refractivity contribution in [2.45, 2.75) is 18.4 Å². The van der Waals surface area contributed by atoms with Gasteiger partial charge in [-0.15, -0.1) is 0 Å². The highest BCUT2D eigenvalue weighted by molar-refractivity contribution is 8.14. The molecule has 7 nitrogen and oxygen atoms in total. The lowest BCUT2D eigenvalue weighted by Gasteiger charge is -2.37. The van der Waals surface area contributed by atoms with Crippen LogP contribution in [0.5, 0.6) is 0 Å². The number of ether oxygens (including phenoxy) is 1. The Balaban J connectivity index is 2.26. The zero-order valence-electron chi connectivity index (χ0n) is 10.4. The summed E-state index contributed by atoms with van der Waals surface area (Å²) in [6.07, 6.45) is -0.115. The van der Waals surface area contributed by atoms with Gasteiger partial charge in [-0.05, 0) is 6.92 Å². The maximum atomic E-state index is 11.5. The Hall–Kier alpha value is -1.54. The summed E-state index contributed by atoms with van der Waals surface area (Å²) in [6.45, 7) is 4.73. The number of amides is 2. The summed E-state index contributed by atoms with van der Waals surface area (Å²) in [4.78, 5) is 33.7. The molecule has 0 spiro atoms. The molecule has 0 bridgehead atoms. The predicted octanol–water partition coefficient (Wildman–Crippen LogP) is -0.389. The molecular formula is C11H16N2O5S. The van der Waals surface area contributed by atoms with E-state index in [0.717, 1.165) is 11.8 Å². The standard InChI is InChI=1S/C11H16N2O5S/c1-3-4-18-11(17)12-5-7(15)19-10-8(6(2)14)9(16)13-10/h3,6,8,10,14H,1,4-5H2,2H3,(H,12,17)(H,13,16)/t6-,8?,10?/m1/s1. The first-order valence-electron chi connectivity index (χ1n) is 5.65. The average Bonchev–Trinajstić information content (AvgIpc) is 2.32. The van der Waals surface area contributed by atoms with Gasteiger partial charge in [0.1, 0.15) is 6.61 Å². The van der Waals surface area contributed by atoms with E-state index in [1.807, 2.05) is 0 Å². The molecule has 0 aliphatic carbocycles. The zero-order valence-corrected chi connectivity index (χ0v) is 11.2. The summed E-state index contributed by atoms with van der Waals surface area (Å²) in [7, 11) is 0. The topological polar surface area (TPSA) is 105 Å². The van der Waals surface area contributed by atoms with E-state index in [9.17, 15) is 19.5 Å². The Morgan fingerprint density at radius 1 is 1.68 bits per heavy atom. The predicted molar refractivity (Wildman–Crippen MR) is 69.2 cm³/mol. The normalized spacial score (nSPS) is 22.7. The summed E-state index contributed by atoms with van der Waals surface area (Å²) in [5, 5.41) is 13.4. The van der Waals surface area contributed by atoms with Gasteiger partial charge in [-0.1, -0.05) is 24.4 Å². The molecule has 1 rings (SSSR count). The first kappa shape index (κ1) is 15.5. The third kappa shape index (κ3) is 4.56. The van der Waals surface area contributed by atoms with Crippen molar-refractivity contribution in [2.24, 2.45) is 5.92 Å². The molecule has 2 amide bonds. The van der Waals surface area contributed by atoms with Crippen molar-refractivity contribution in [1.29, 1.82) is 0 Å². The number of thioether (sulfide) groups is 1. The quantitative estimate of drug-likeness (QED) is 0.454. The number of rotatable bonds is 6. The Labute approximate surface area is 114 Å². The van der Waals surface area contributed by atoms with Gasteiger partial charge in [-0.3, -0.25) is 9.59 Å². The molecular weight excluding hydrogens is 272 g/mol. The maximum absolute atomic E-state index is 11.5. The van der Waals surface area contributed by atoms with Crippen LogP contribution < -0.4 is 10.6 Å². The number of aliphatic hydroxyl groups excluding tert-OH is 1. The van der Waals surface area contributed by atoms with E-state index in [1.54, 1.807) is 0 Å². The van der Waals surface area contributed by atoms with Crippen LogP contribution in [-0.4, -0.2) is 46.9 Å². The Bertz CT molecular complexity index is 385. The zero-order chi connectivity index (χ0) is 14.4. The monoisotopic (exact) mass is 288 g/mol. The molecule has 1 aliphatic rings. The van der Waals surface area contributed by atoms with E-state index < -0.39 is 23.5 Å². The third-order valence-electron chi connectivity index (χ3n) is 2.40. The van der Waals surface area contributed by atoms with Crippen LogP contribution in [0.1, 0.15) is 6.92 Å². The minimum atomic E-state index is -0.815. The van der Waals surface area contributed by atoms with Gasteiger partial charge in [0.2, 0.25) is 11.0 Å². The maximum Gasteiger partial charge on any atom is 0.407 e. The molecule has 3 atom stereocenters. The minimum Gasteiger partial charge on any atom is -0.445 e. The van der Waals surface area contributed by atoms with Gasteiger partial charge in [0.25, 0.3) is 0 Å². The van der Waals surface area contributed by atoms with Crippen LogP contribution in [0, 0.1) is 5.92 Å². The van der Waals surface area contributed by atoms with Crippen molar-refractivity contribution in [3.8, 4) is 0 Å². The van der Waals surface area contributed by atoms with Crippen LogP contribution in [0.4, 0.5) is 4.79 Å². The molecule has 0 aromatic heterocycles. The fourth-order valence-corrected chi connectivity index (χ4v) is 2.57. The van der Waals surface area contributed by atoms with Crippen LogP contribution in [0.15, 0.2) is 12.7 Å². The molecule has 1 fully saturated rings. The molecule has 0 radical (unpaired) electrons. The number of aliphatic hydroxyl groups is 1. The van der Waals surface area contributed by atoms with E-state index >= 15 is 0 Å². The summed E-state index contributed by atoms with van der Waals surface area (Å²) in [5.74, 6) is -0.875. The summed E-state index contributed by atoms with van der Waals surface area (Å²) >= 11 is 0.871. The van der Waals surface area contributed by atoms with Crippen molar-refractivity contribution < 1.29 is 24.2 Å².